The third-order valence-electron chi connectivity index (χ3n) is 5.68. The Kier molecular flexibility index (Phi) is 3.60. The van der Waals surface area contributed by atoms with Crippen molar-refractivity contribution in [2.75, 3.05) is 0 Å². The molecule has 2 heterocycles. The van der Waals surface area contributed by atoms with Gasteiger partial charge < -0.3 is 0 Å². The third kappa shape index (κ3) is 2.52. The van der Waals surface area contributed by atoms with Gasteiger partial charge in [-0.05, 0) is 34.9 Å². The van der Waals surface area contributed by atoms with Gasteiger partial charge in [-0.25, -0.2) is 4.52 Å². The van der Waals surface area contributed by atoms with Crippen LogP contribution in [0, 0.1) is 6.92 Å². The lowest BCUT2D eigenvalue weighted by Crippen LogP contribution is -2.10. The number of hydrogen-bond donors (Lipinski definition) is 0. The Balaban J connectivity index is 1.86. The van der Waals surface area contributed by atoms with Crippen LogP contribution in [0.4, 0.5) is 0 Å². The first-order valence-electron chi connectivity index (χ1n) is 9.83. The maximum absolute atomic E-state index is 4.78. The lowest BCUT2D eigenvalue weighted by Gasteiger charge is -2.19. The van der Waals surface area contributed by atoms with Crippen molar-refractivity contribution < 1.29 is 0 Å². The molecule has 5 rings (SSSR count). The summed E-state index contributed by atoms with van der Waals surface area (Å²) in [5.74, 6) is 0. The van der Waals surface area contributed by atoms with Crippen LogP contribution in [0.2, 0.25) is 0 Å². The molecule has 0 saturated carbocycles. The largest absolute Gasteiger partial charge is 0.232 e. The molecule has 0 atom stereocenters. The van der Waals surface area contributed by atoms with Gasteiger partial charge in [0.25, 0.3) is 0 Å². The van der Waals surface area contributed by atoms with Gasteiger partial charge in [0.2, 0.25) is 0 Å². The van der Waals surface area contributed by atoms with Gasteiger partial charge in [0.1, 0.15) is 0 Å². The molecular formula is C26H24N2. The first-order chi connectivity index (χ1) is 13.4. The first-order valence-corrected chi connectivity index (χ1v) is 9.83. The molecule has 0 aliphatic heterocycles. The van der Waals surface area contributed by atoms with E-state index in [9.17, 15) is 0 Å². The van der Waals surface area contributed by atoms with Crippen molar-refractivity contribution in [3.05, 3.63) is 84.1 Å². The summed E-state index contributed by atoms with van der Waals surface area (Å²) in [7, 11) is 0. The van der Waals surface area contributed by atoms with Crippen LogP contribution in [-0.4, -0.2) is 9.61 Å². The average molecular weight is 364 g/mol. The molecule has 138 valence electrons. The molecule has 0 N–H and O–H groups in total. The fourth-order valence-electron chi connectivity index (χ4n) is 4.12. The minimum absolute atomic E-state index is 0.153. The Morgan fingerprint density at radius 2 is 1.54 bits per heavy atom. The molecule has 2 heteroatoms. The van der Waals surface area contributed by atoms with E-state index in [0.717, 1.165) is 5.52 Å². The number of pyridine rings is 1. The Labute approximate surface area is 165 Å². The second kappa shape index (κ2) is 5.93. The van der Waals surface area contributed by atoms with Crippen molar-refractivity contribution in [2.24, 2.45) is 0 Å². The van der Waals surface area contributed by atoms with Crippen LogP contribution in [0.3, 0.4) is 0 Å². The van der Waals surface area contributed by atoms with E-state index < -0.39 is 0 Å². The molecule has 0 fully saturated rings. The summed E-state index contributed by atoms with van der Waals surface area (Å²) in [6.07, 6.45) is 2.01. The molecule has 0 aliphatic rings. The van der Waals surface area contributed by atoms with E-state index in [-0.39, 0.29) is 5.41 Å². The highest BCUT2D eigenvalue weighted by molar-refractivity contribution is 6.15. The molecular weight excluding hydrogens is 340 g/mol. The standard InChI is InChI=1S/C26H24N2/c1-17-9-14-21-22(15-17)20-7-5-6-8-24(20)28-25(21)23(16-27-28)18-10-12-19(13-11-18)26(2,3)4/h5-16H,1-4H3. The van der Waals surface area contributed by atoms with Crippen LogP contribution >= 0.6 is 0 Å². The molecule has 0 saturated heterocycles. The molecule has 0 unspecified atom stereocenters. The molecule has 28 heavy (non-hydrogen) atoms. The highest BCUT2D eigenvalue weighted by Gasteiger charge is 2.17. The SMILES string of the molecule is Cc1ccc2c(c1)c1ccccc1n1ncc(-c3ccc(C(C)(C)C)cc3)c21. The second-order valence-corrected chi connectivity index (χ2v) is 8.71. The maximum Gasteiger partial charge on any atom is 0.0825 e. The van der Waals surface area contributed by atoms with E-state index in [1.165, 1.54) is 43.9 Å². The zero-order valence-electron chi connectivity index (χ0n) is 16.8. The summed E-state index contributed by atoms with van der Waals surface area (Å²) in [5, 5.41) is 8.56. The van der Waals surface area contributed by atoms with Crippen molar-refractivity contribution in [3.8, 4) is 11.1 Å². The number of nitrogens with zero attached hydrogens (tertiary/aromatic N) is 2. The molecule has 5 aromatic rings. The zero-order chi connectivity index (χ0) is 19.5. The molecule has 2 aromatic heterocycles. The van der Waals surface area contributed by atoms with E-state index in [1.54, 1.807) is 0 Å². The normalized spacial score (nSPS) is 12.3. The highest BCUT2D eigenvalue weighted by Crippen LogP contribution is 2.36. The van der Waals surface area contributed by atoms with Gasteiger partial charge in [-0.2, -0.15) is 5.10 Å². The quantitative estimate of drug-likeness (QED) is 0.295. The van der Waals surface area contributed by atoms with Crippen LogP contribution in [0.1, 0.15) is 31.9 Å². The summed E-state index contributed by atoms with van der Waals surface area (Å²) >= 11 is 0. The van der Waals surface area contributed by atoms with Crippen molar-refractivity contribution in [2.45, 2.75) is 33.1 Å². The number of benzene rings is 3. The van der Waals surface area contributed by atoms with E-state index in [4.69, 9.17) is 5.10 Å². The molecule has 0 bridgehead atoms. The fourth-order valence-corrected chi connectivity index (χ4v) is 4.12. The lowest BCUT2D eigenvalue weighted by atomic mass is 9.86. The van der Waals surface area contributed by atoms with Gasteiger partial charge in [0.05, 0.1) is 17.2 Å². The average Bonchev–Trinajstić information content (AvgIpc) is 3.13. The number of fused-ring (bicyclic) bond motifs is 6. The minimum Gasteiger partial charge on any atom is -0.232 e. The van der Waals surface area contributed by atoms with Gasteiger partial charge in [-0.3, -0.25) is 0 Å². The van der Waals surface area contributed by atoms with Crippen molar-refractivity contribution in [1.82, 2.24) is 9.61 Å². The fraction of sp³-hybridized carbons (Fsp3) is 0.192. The lowest BCUT2D eigenvalue weighted by molar-refractivity contribution is 0.590. The number of aromatic nitrogens is 2. The molecule has 3 aromatic carbocycles. The monoisotopic (exact) mass is 364 g/mol. The number of rotatable bonds is 1. The van der Waals surface area contributed by atoms with Crippen LogP contribution in [0.25, 0.3) is 38.3 Å². The van der Waals surface area contributed by atoms with Crippen molar-refractivity contribution in [3.63, 3.8) is 0 Å². The molecule has 0 amide bonds. The second-order valence-electron chi connectivity index (χ2n) is 8.71. The van der Waals surface area contributed by atoms with E-state index in [0.29, 0.717) is 0 Å². The van der Waals surface area contributed by atoms with Crippen molar-refractivity contribution >= 4 is 27.2 Å². The van der Waals surface area contributed by atoms with Gasteiger partial charge >= 0.3 is 0 Å². The Morgan fingerprint density at radius 1 is 0.786 bits per heavy atom. The van der Waals surface area contributed by atoms with E-state index in [2.05, 4.69) is 98.9 Å². The summed E-state index contributed by atoms with van der Waals surface area (Å²) in [4.78, 5) is 0. The molecule has 0 radical (unpaired) electrons. The highest BCUT2D eigenvalue weighted by atomic mass is 15.2. The Morgan fingerprint density at radius 3 is 2.29 bits per heavy atom. The van der Waals surface area contributed by atoms with Crippen LogP contribution < -0.4 is 0 Å². The van der Waals surface area contributed by atoms with Gasteiger partial charge in [-0.15, -0.1) is 0 Å². The van der Waals surface area contributed by atoms with Gasteiger partial charge in [0.15, 0.2) is 0 Å². The molecule has 0 spiro atoms. The summed E-state index contributed by atoms with van der Waals surface area (Å²) in [6, 6.07) is 24.2. The summed E-state index contributed by atoms with van der Waals surface area (Å²) in [6.45, 7) is 8.90. The minimum atomic E-state index is 0.153. The maximum atomic E-state index is 4.78. The predicted molar refractivity (Wildman–Crippen MR) is 119 cm³/mol. The van der Waals surface area contributed by atoms with E-state index in [1.807, 2.05) is 6.20 Å². The van der Waals surface area contributed by atoms with E-state index >= 15 is 0 Å². The van der Waals surface area contributed by atoms with Crippen LogP contribution in [0.5, 0.6) is 0 Å². The summed E-state index contributed by atoms with van der Waals surface area (Å²) in [5.41, 5.74) is 7.49. The first kappa shape index (κ1) is 17.0. The molecule has 2 nitrogen and oxygen atoms in total. The van der Waals surface area contributed by atoms with Crippen LogP contribution in [0.15, 0.2) is 72.9 Å². The summed E-state index contributed by atoms with van der Waals surface area (Å²) < 4.78 is 2.10. The molecule has 0 aliphatic carbocycles. The van der Waals surface area contributed by atoms with Crippen LogP contribution in [-0.2, 0) is 5.41 Å². The number of hydrogen-bond acceptors (Lipinski definition) is 1. The van der Waals surface area contributed by atoms with Crippen molar-refractivity contribution in [1.29, 1.82) is 0 Å². The van der Waals surface area contributed by atoms with Gasteiger partial charge in [0, 0.05) is 16.3 Å². The number of para-hydroxylation sites is 1. The topological polar surface area (TPSA) is 17.3 Å². The third-order valence-corrected chi connectivity index (χ3v) is 5.68. The Bertz CT molecular complexity index is 1330. The zero-order valence-corrected chi connectivity index (χ0v) is 16.8. The predicted octanol–water partition coefficient (Wildman–Crippen LogP) is 6.91. The number of aryl methyl sites for hydroxylation is 1. The smallest absolute Gasteiger partial charge is 0.0825 e. The van der Waals surface area contributed by atoms with Gasteiger partial charge in [-0.1, -0.05) is 87.0 Å². The Hall–Kier alpha value is -3.13.